The summed E-state index contributed by atoms with van der Waals surface area (Å²) in [5.74, 6) is 0.892. The maximum absolute atomic E-state index is 6.30. The lowest BCUT2D eigenvalue weighted by Crippen LogP contribution is -2.39. The molecular weight excluding hydrogens is 246 g/mol. The van der Waals surface area contributed by atoms with Crippen LogP contribution in [0.5, 0.6) is 0 Å². The van der Waals surface area contributed by atoms with Crippen molar-refractivity contribution >= 4 is 0 Å². The molecule has 0 heterocycles. The molecule has 3 fully saturated rings. The van der Waals surface area contributed by atoms with Crippen molar-refractivity contribution < 1.29 is 4.74 Å². The smallest absolute Gasteiger partial charge is 0.0637 e. The molecule has 116 valence electrons. The van der Waals surface area contributed by atoms with Crippen molar-refractivity contribution in [1.82, 2.24) is 5.32 Å². The zero-order valence-electron chi connectivity index (χ0n) is 13.7. The predicted molar refractivity (Wildman–Crippen MR) is 83.8 cm³/mol. The summed E-state index contributed by atoms with van der Waals surface area (Å²) in [7, 11) is 0. The van der Waals surface area contributed by atoms with Crippen molar-refractivity contribution in [2.24, 2.45) is 16.7 Å². The van der Waals surface area contributed by atoms with Crippen molar-refractivity contribution in [3.05, 3.63) is 0 Å². The van der Waals surface area contributed by atoms with Crippen molar-refractivity contribution in [3.63, 3.8) is 0 Å². The van der Waals surface area contributed by atoms with Gasteiger partial charge in [0.05, 0.1) is 12.7 Å². The molecule has 0 aliphatic heterocycles. The van der Waals surface area contributed by atoms with E-state index in [9.17, 15) is 0 Å². The van der Waals surface area contributed by atoms with Crippen LogP contribution in [-0.2, 0) is 4.74 Å². The van der Waals surface area contributed by atoms with Crippen LogP contribution in [0.15, 0.2) is 0 Å². The third-order valence-corrected chi connectivity index (χ3v) is 7.17. The molecule has 0 aromatic heterocycles. The molecule has 0 radical (unpaired) electrons. The van der Waals surface area contributed by atoms with Crippen molar-refractivity contribution in [3.8, 4) is 0 Å². The molecule has 3 rings (SSSR count). The van der Waals surface area contributed by atoms with E-state index in [1.807, 2.05) is 0 Å². The van der Waals surface area contributed by atoms with Gasteiger partial charge in [-0.25, -0.2) is 0 Å². The minimum absolute atomic E-state index is 0.419. The Labute approximate surface area is 125 Å². The Morgan fingerprint density at radius 3 is 2.40 bits per heavy atom. The summed E-state index contributed by atoms with van der Waals surface area (Å²) in [6.07, 6.45) is 11.6. The van der Waals surface area contributed by atoms with Crippen molar-refractivity contribution in [2.45, 2.75) is 84.3 Å². The lowest BCUT2D eigenvalue weighted by Gasteiger charge is -2.39. The minimum atomic E-state index is 0.419. The van der Waals surface area contributed by atoms with Gasteiger partial charge < -0.3 is 10.1 Å². The summed E-state index contributed by atoms with van der Waals surface area (Å²) < 4.78 is 6.30. The fraction of sp³-hybridized carbons (Fsp3) is 1.00. The highest BCUT2D eigenvalue weighted by Crippen LogP contribution is 2.66. The maximum Gasteiger partial charge on any atom is 0.0637 e. The average molecular weight is 279 g/mol. The Balaban J connectivity index is 1.41. The first-order chi connectivity index (χ1) is 9.54. The summed E-state index contributed by atoms with van der Waals surface area (Å²) in [5.41, 5.74) is 0.900. The van der Waals surface area contributed by atoms with Gasteiger partial charge in [0.1, 0.15) is 0 Å². The second kappa shape index (κ2) is 5.61. The topological polar surface area (TPSA) is 21.3 Å². The van der Waals surface area contributed by atoms with E-state index in [0.29, 0.717) is 16.9 Å². The molecule has 0 aromatic rings. The number of ether oxygens (including phenoxy) is 1. The van der Waals surface area contributed by atoms with Crippen LogP contribution in [-0.4, -0.2) is 25.3 Å². The fourth-order valence-corrected chi connectivity index (χ4v) is 5.15. The lowest BCUT2D eigenvalue weighted by molar-refractivity contribution is -0.0455. The van der Waals surface area contributed by atoms with Crippen molar-refractivity contribution in [1.29, 1.82) is 0 Å². The molecule has 0 spiro atoms. The quantitative estimate of drug-likeness (QED) is 0.764. The Kier molecular flexibility index (Phi) is 4.16. The fourth-order valence-electron chi connectivity index (χ4n) is 5.15. The van der Waals surface area contributed by atoms with Gasteiger partial charge in [0, 0.05) is 12.6 Å². The van der Waals surface area contributed by atoms with E-state index in [0.717, 1.165) is 25.1 Å². The molecule has 0 unspecified atom stereocenters. The van der Waals surface area contributed by atoms with Gasteiger partial charge in [-0.1, -0.05) is 40.0 Å². The van der Waals surface area contributed by atoms with Crippen LogP contribution in [0.1, 0.15) is 72.1 Å². The SMILES string of the molecule is CC1(C)[C@H]2CC[C@]1(C)[C@@H](OCCNC1CCCCC1)C2. The molecular formula is C18H33NO. The standard InChI is InChI=1S/C18H33NO/c1-17(2)14-9-10-18(17,3)16(13-14)20-12-11-19-15-7-5-4-6-8-15/h14-16,19H,4-13H2,1-3H3/t14-,16-,18+/m0/s1. The highest BCUT2D eigenvalue weighted by atomic mass is 16.5. The van der Waals surface area contributed by atoms with E-state index in [4.69, 9.17) is 4.74 Å². The number of hydrogen-bond acceptors (Lipinski definition) is 2. The summed E-state index contributed by atoms with van der Waals surface area (Å²) in [6, 6.07) is 0.763. The highest BCUT2D eigenvalue weighted by molar-refractivity contribution is 5.11. The lowest BCUT2D eigenvalue weighted by atomic mass is 9.70. The van der Waals surface area contributed by atoms with Gasteiger partial charge in [0.25, 0.3) is 0 Å². The van der Waals surface area contributed by atoms with Crippen LogP contribution >= 0.6 is 0 Å². The van der Waals surface area contributed by atoms with E-state index < -0.39 is 0 Å². The van der Waals surface area contributed by atoms with Gasteiger partial charge in [-0.15, -0.1) is 0 Å². The largest absolute Gasteiger partial charge is 0.376 e. The minimum Gasteiger partial charge on any atom is -0.376 e. The van der Waals surface area contributed by atoms with Crippen LogP contribution in [0.25, 0.3) is 0 Å². The van der Waals surface area contributed by atoms with Gasteiger partial charge in [0.2, 0.25) is 0 Å². The molecule has 3 atom stereocenters. The van der Waals surface area contributed by atoms with E-state index in [-0.39, 0.29) is 0 Å². The Morgan fingerprint density at radius 2 is 1.80 bits per heavy atom. The molecule has 0 saturated heterocycles. The summed E-state index contributed by atoms with van der Waals surface area (Å²) in [4.78, 5) is 0. The summed E-state index contributed by atoms with van der Waals surface area (Å²) in [6.45, 7) is 9.35. The first kappa shape index (κ1) is 14.8. The van der Waals surface area contributed by atoms with Crippen LogP contribution in [0.4, 0.5) is 0 Å². The Bertz CT molecular complexity index is 334. The van der Waals surface area contributed by atoms with Crippen LogP contribution in [0, 0.1) is 16.7 Å². The number of fused-ring (bicyclic) bond motifs is 2. The van der Waals surface area contributed by atoms with Gasteiger partial charge in [0.15, 0.2) is 0 Å². The molecule has 2 nitrogen and oxygen atoms in total. The second-order valence-corrected chi connectivity index (χ2v) is 8.26. The molecule has 0 amide bonds. The van der Waals surface area contributed by atoms with E-state index in [2.05, 4.69) is 26.1 Å². The number of hydrogen-bond donors (Lipinski definition) is 1. The summed E-state index contributed by atoms with van der Waals surface area (Å²) in [5, 5.41) is 3.70. The zero-order chi connectivity index (χ0) is 14.2. The average Bonchev–Trinajstić information content (AvgIpc) is 2.78. The number of rotatable bonds is 5. The second-order valence-electron chi connectivity index (χ2n) is 8.26. The summed E-state index contributed by atoms with van der Waals surface area (Å²) >= 11 is 0. The predicted octanol–water partition coefficient (Wildman–Crippen LogP) is 4.14. The molecule has 2 heteroatoms. The zero-order valence-corrected chi connectivity index (χ0v) is 13.7. The van der Waals surface area contributed by atoms with E-state index in [1.54, 1.807) is 0 Å². The normalized spacial score (nSPS) is 40.4. The van der Waals surface area contributed by atoms with Crippen molar-refractivity contribution in [2.75, 3.05) is 13.2 Å². The molecule has 1 N–H and O–H groups in total. The monoisotopic (exact) mass is 279 g/mol. The molecule has 0 aromatic carbocycles. The van der Waals surface area contributed by atoms with Gasteiger partial charge in [-0.2, -0.15) is 0 Å². The van der Waals surface area contributed by atoms with Gasteiger partial charge in [-0.05, 0) is 48.9 Å². The maximum atomic E-state index is 6.30. The molecule has 3 saturated carbocycles. The van der Waals surface area contributed by atoms with E-state index in [1.165, 1.54) is 51.4 Å². The molecule has 2 bridgehead atoms. The van der Waals surface area contributed by atoms with Gasteiger partial charge >= 0.3 is 0 Å². The Morgan fingerprint density at radius 1 is 1.05 bits per heavy atom. The molecule has 20 heavy (non-hydrogen) atoms. The first-order valence-electron chi connectivity index (χ1n) is 8.89. The molecule has 3 aliphatic rings. The number of nitrogens with one attached hydrogen (secondary N) is 1. The Hall–Kier alpha value is -0.0800. The third-order valence-electron chi connectivity index (χ3n) is 7.17. The highest BCUT2D eigenvalue weighted by Gasteiger charge is 2.61. The van der Waals surface area contributed by atoms with Crippen LogP contribution in [0.3, 0.4) is 0 Å². The van der Waals surface area contributed by atoms with E-state index >= 15 is 0 Å². The molecule has 3 aliphatic carbocycles. The van der Waals surface area contributed by atoms with Crippen LogP contribution in [0.2, 0.25) is 0 Å². The third kappa shape index (κ3) is 2.43. The van der Waals surface area contributed by atoms with Gasteiger partial charge in [-0.3, -0.25) is 0 Å². The van der Waals surface area contributed by atoms with Crippen LogP contribution < -0.4 is 5.32 Å². The first-order valence-corrected chi connectivity index (χ1v) is 8.89.